The monoisotopic (exact) mass is 294 g/mol. The summed E-state index contributed by atoms with van der Waals surface area (Å²) in [5.74, 6) is 0.729. The zero-order valence-corrected chi connectivity index (χ0v) is 12.5. The quantitative estimate of drug-likeness (QED) is 0.897. The van der Waals surface area contributed by atoms with Crippen molar-refractivity contribution in [2.24, 2.45) is 17.6 Å². The Morgan fingerprint density at radius 3 is 2.55 bits per heavy atom. The highest BCUT2D eigenvalue weighted by Crippen LogP contribution is 2.46. The second-order valence-corrected chi connectivity index (χ2v) is 5.97. The van der Waals surface area contributed by atoms with Crippen molar-refractivity contribution in [3.05, 3.63) is 35.9 Å². The van der Waals surface area contributed by atoms with Gasteiger partial charge >= 0.3 is 0 Å². The van der Waals surface area contributed by atoms with Gasteiger partial charge in [0.25, 0.3) is 0 Å². The molecule has 3 rings (SSSR count). The first-order valence-corrected chi connectivity index (χ1v) is 7.33. The molecule has 20 heavy (non-hydrogen) atoms. The third-order valence-corrected chi connectivity index (χ3v) is 4.74. The Kier molecular flexibility index (Phi) is 4.71. The van der Waals surface area contributed by atoms with Crippen LogP contribution in [0.25, 0.3) is 0 Å². The molecule has 0 unspecified atom stereocenters. The molecule has 1 amide bonds. The highest BCUT2D eigenvalue weighted by Gasteiger charge is 2.47. The molecule has 3 N–H and O–H groups in total. The number of nitrogens with one attached hydrogen (secondary N) is 1. The molecule has 2 aliphatic rings. The number of hydrogen-bond donors (Lipinski definition) is 2. The van der Waals surface area contributed by atoms with Gasteiger partial charge in [-0.2, -0.15) is 0 Å². The third kappa shape index (κ3) is 2.84. The van der Waals surface area contributed by atoms with E-state index in [0.29, 0.717) is 12.5 Å². The van der Waals surface area contributed by atoms with Gasteiger partial charge in [0.15, 0.2) is 0 Å². The topological polar surface area (TPSA) is 55.1 Å². The molecular weight excluding hydrogens is 272 g/mol. The van der Waals surface area contributed by atoms with E-state index in [0.717, 1.165) is 32.1 Å². The van der Waals surface area contributed by atoms with Crippen LogP contribution in [0.1, 0.15) is 37.7 Å². The fourth-order valence-electron chi connectivity index (χ4n) is 3.36. The molecule has 1 aromatic carbocycles. The van der Waals surface area contributed by atoms with Crippen molar-refractivity contribution in [3.8, 4) is 0 Å². The third-order valence-electron chi connectivity index (χ3n) is 4.74. The minimum atomic E-state index is -0.0833. The van der Waals surface area contributed by atoms with Crippen LogP contribution in [0.4, 0.5) is 0 Å². The van der Waals surface area contributed by atoms with Gasteiger partial charge in [0, 0.05) is 5.92 Å². The molecule has 2 aliphatic carbocycles. The first-order chi connectivity index (χ1) is 9.25. The second kappa shape index (κ2) is 6.15. The van der Waals surface area contributed by atoms with E-state index in [1.165, 1.54) is 5.56 Å². The lowest BCUT2D eigenvalue weighted by Gasteiger charge is -2.23. The number of carbonyl (C=O) groups excluding carboxylic acids is 1. The van der Waals surface area contributed by atoms with Crippen LogP contribution in [0.3, 0.4) is 0 Å². The lowest BCUT2D eigenvalue weighted by molar-refractivity contribution is -0.127. The van der Waals surface area contributed by atoms with Crippen molar-refractivity contribution < 1.29 is 4.79 Å². The van der Waals surface area contributed by atoms with Crippen LogP contribution in [0.2, 0.25) is 0 Å². The molecule has 0 spiro atoms. The summed E-state index contributed by atoms with van der Waals surface area (Å²) in [5, 5.41) is 3.30. The van der Waals surface area contributed by atoms with Gasteiger partial charge in [0.1, 0.15) is 0 Å². The number of carbonyl (C=O) groups is 1. The molecule has 0 saturated heterocycles. The average Bonchev–Trinajstić information content (AvgIpc) is 3.06. The number of hydrogen-bond acceptors (Lipinski definition) is 2. The summed E-state index contributed by atoms with van der Waals surface area (Å²) >= 11 is 0. The molecule has 4 heteroatoms. The normalized spacial score (nSPS) is 26.6. The van der Waals surface area contributed by atoms with Gasteiger partial charge in [-0.15, -0.1) is 12.4 Å². The molecular formula is C16H23ClN2O. The van der Waals surface area contributed by atoms with Crippen LogP contribution in [0.5, 0.6) is 0 Å². The Morgan fingerprint density at radius 1 is 1.25 bits per heavy atom. The van der Waals surface area contributed by atoms with Crippen LogP contribution in [-0.2, 0) is 10.3 Å². The molecule has 2 saturated carbocycles. The van der Waals surface area contributed by atoms with Crippen molar-refractivity contribution >= 4 is 18.3 Å². The summed E-state index contributed by atoms with van der Waals surface area (Å²) in [6.45, 7) is 0.635. The zero-order chi connectivity index (χ0) is 13.3. The fraction of sp³-hybridized carbons (Fsp3) is 0.562. The molecule has 3 nitrogen and oxygen atoms in total. The predicted octanol–water partition coefficient (Wildman–Crippen LogP) is 2.59. The van der Waals surface area contributed by atoms with Crippen LogP contribution >= 0.6 is 12.4 Å². The van der Waals surface area contributed by atoms with E-state index >= 15 is 0 Å². The Bertz CT molecular complexity index is 459. The molecule has 2 fully saturated rings. The van der Waals surface area contributed by atoms with Gasteiger partial charge in [0.05, 0.1) is 5.54 Å². The second-order valence-electron chi connectivity index (χ2n) is 5.97. The van der Waals surface area contributed by atoms with E-state index in [4.69, 9.17) is 5.73 Å². The minimum Gasteiger partial charge on any atom is -0.346 e. The Labute approximate surface area is 126 Å². The van der Waals surface area contributed by atoms with E-state index in [1.54, 1.807) is 0 Å². The molecule has 0 radical (unpaired) electrons. The maximum Gasteiger partial charge on any atom is 0.224 e. The van der Waals surface area contributed by atoms with E-state index in [2.05, 4.69) is 17.4 Å². The summed E-state index contributed by atoms with van der Waals surface area (Å²) in [6.07, 6.45) is 5.36. The van der Waals surface area contributed by atoms with Gasteiger partial charge in [-0.1, -0.05) is 36.8 Å². The van der Waals surface area contributed by atoms with Crippen molar-refractivity contribution in [2.75, 3.05) is 6.54 Å². The number of rotatable bonds is 4. The molecule has 2 atom stereocenters. The molecule has 0 heterocycles. The van der Waals surface area contributed by atoms with Crippen LogP contribution < -0.4 is 11.1 Å². The maximum atomic E-state index is 12.5. The Balaban J connectivity index is 0.00000147. The van der Waals surface area contributed by atoms with Gasteiger partial charge in [-0.25, -0.2) is 0 Å². The Hall–Kier alpha value is -1.06. The van der Waals surface area contributed by atoms with Gasteiger partial charge < -0.3 is 11.1 Å². The number of nitrogens with two attached hydrogens (primary N) is 1. The van der Waals surface area contributed by atoms with Crippen molar-refractivity contribution in [1.29, 1.82) is 0 Å². The van der Waals surface area contributed by atoms with E-state index in [-0.39, 0.29) is 29.8 Å². The van der Waals surface area contributed by atoms with E-state index in [9.17, 15) is 4.79 Å². The van der Waals surface area contributed by atoms with Crippen LogP contribution in [0.15, 0.2) is 30.3 Å². The largest absolute Gasteiger partial charge is 0.346 e. The minimum absolute atomic E-state index is 0. The maximum absolute atomic E-state index is 12.5. The van der Waals surface area contributed by atoms with Gasteiger partial charge in [-0.3, -0.25) is 4.79 Å². The van der Waals surface area contributed by atoms with Crippen LogP contribution in [0, 0.1) is 11.8 Å². The first kappa shape index (κ1) is 15.3. The lowest BCUT2D eigenvalue weighted by Crippen LogP contribution is -2.41. The van der Waals surface area contributed by atoms with E-state index < -0.39 is 0 Å². The van der Waals surface area contributed by atoms with Gasteiger partial charge in [-0.05, 0) is 43.7 Å². The summed E-state index contributed by atoms with van der Waals surface area (Å²) in [6, 6.07) is 10.3. The predicted molar refractivity (Wildman–Crippen MR) is 82.6 cm³/mol. The highest BCUT2D eigenvalue weighted by molar-refractivity contribution is 5.85. The Morgan fingerprint density at radius 2 is 1.95 bits per heavy atom. The molecule has 0 bridgehead atoms. The van der Waals surface area contributed by atoms with Crippen molar-refractivity contribution in [1.82, 2.24) is 5.32 Å². The van der Waals surface area contributed by atoms with Crippen LogP contribution in [-0.4, -0.2) is 12.5 Å². The number of halogens is 1. The zero-order valence-electron chi connectivity index (χ0n) is 11.7. The highest BCUT2D eigenvalue weighted by atomic mass is 35.5. The summed E-state index contributed by atoms with van der Waals surface area (Å²) in [4.78, 5) is 12.5. The average molecular weight is 295 g/mol. The summed E-state index contributed by atoms with van der Waals surface area (Å²) in [5.41, 5.74) is 6.93. The van der Waals surface area contributed by atoms with E-state index in [1.807, 2.05) is 18.2 Å². The standard InChI is InChI=1S/C16H22N2O.ClH/c17-11-12-5-4-8-14(12)15(19)18-16(9-10-16)13-6-2-1-3-7-13;/h1-3,6-7,12,14H,4-5,8-11,17H2,(H,18,19);1H/t12-,14-;/m1./s1. The SMILES string of the molecule is Cl.NC[C@H]1CCC[C@H]1C(=O)NC1(c2ccccc2)CC1. The molecule has 0 aliphatic heterocycles. The summed E-state index contributed by atoms with van der Waals surface area (Å²) in [7, 11) is 0. The smallest absolute Gasteiger partial charge is 0.224 e. The number of amides is 1. The first-order valence-electron chi connectivity index (χ1n) is 7.33. The van der Waals surface area contributed by atoms with Gasteiger partial charge in [0.2, 0.25) is 5.91 Å². The fourth-order valence-corrected chi connectivity index (χ4v) is 3.36. The number of benzene rings is 1. The molecule has 0 aromatic heterocycles. The lowest BCUT2D eigenvalue weighted by atomic mass is 9.94. The summed E-state index contributed by atoms with van der Waals surface area (Å²) < 4.78 is 0. The van der Waals surface area contributed by atoms with Crippen molar-refractivity contribution in [2.45, 2.75) is 37.6 Å². The molecule has 110 valence electrons. The molecule has 1 aromatic rings. The van der Waals surface area contributed by atoms with Crippen molar-refractivity contribution in [3.63, 3.8) is 0 Å².